The molecule has 0 spiro atoms. The molecule has 1 nitrogen and oxygen atoms in total. The zero-order valence-electron chi connectivity index (χ0n) is 24.3. The zero-order valence-corrected chi connectivity index (χ0v) is 24.3. The second kappa shape index (κ2) is 10.9. The summed E-state index contributed by atoms with van der Waals surface area (Å²) in [5.74, 6) is 0. The van der Waals surface area contributed by atoms with Crippen molar-refractivity contribution < 1.29 is 0 Å². The van der Waals surface area contributed by atoms with E-state index >= 15 is 0 Å². The third-order valence-electron chi connectivity index (χ3n) is 8.93. The van der Waals surface area contributed by atoms with Crippen LogP contribution in [0.15, 0.2) is 188 Å². The Morgan fingerprint density at radius 1 is 0.341 bits per heavy atom. The molecule has 1 aliphatic rings. The summed E-state index contributed by atoms with van der Waals surface area (Å²) in [6, 6.07) is 68.2. The third-order valence-corrected chi connectivity index (χ3v) is 8.93. The Kier molecular flexibility index (Phi) is 6.43. The van der Waals surface area contributed by atoms with Crippen LogP contribution in [0.3, 0.4) is 0 Å². The molecule has 0 radical (unpaired) electrons. The molecule has 8 rings (SSSR count). The minimum atomic E-state index is -0.458. The molecule has 0 amide bonds. The second-order valence-electron chi connectivity index (χ2n) is 11.3. The third kappa shape index (κ3) is 4.09. The Morgan fingerprint density at radius 2 is 0.795 bits per heavy atom. The molecule has 208 valence electrons. The minimum Gasteiger partial charge on any atom is -0.310 e. The van der Waals surface area contributed by atoms with Crippen LogP contribution in [0.1, 0.15) is 22.3 Å². The van der Waals surface area contributed by atoms with Crippen LogP contribution in [0.25, 0.3) is 22.3 Å². The molecule has 7 aromatic carbocycles. The first-order valence-corrected chi connectivity index (χ1v) is 15.2. The van der Waals surface area contributed by atoms with E-state index in [2.05, 4.69) is 193 Å². The lowest BCUT2D eigenvalue weighted by Crippen LogP contribution is -2.28. The highest BCUT2D eigenvalue weighted by Crippen LogP contribution is 2.58. The van der Waals surface area contributed by atoms with Gasteiger partial charge in [0.25, 0.3) is 0 Å². The Balaban J connectivity index is 1.52. The molecule has 0 fully saturated rings. The first-order chi connectivity index (χ1) is 21.9. The van der Waals surface area contributed by atoms with E-state index in [0.29, 0.717) is 0 Å². The number of anilines is 3. The fourth-order valence-electron chi connectivity index (χ4n) is 7.09. The van der Waals surface area contributed by atoms with Crippen molar-refractivity contribution >= 4 is 17.1 Å². The highest BCUT2D eigenvalue weighted by Gasteiger charge is 2.46. The van der Waals surface area contributed by atoms with Crippen LogP contribution in [0.5, 0.6) is 0 Å². The molecule has 7 aromatic rings. The fourth-order valence-corrected chi connectivity index (χ4v) is 7.09. The van der Waals surface area contributed by atoms with Crippen LogP contribution < -0.4 is 4.90 Å². The summed E-state index contributed by atoms with van der Waals surface area (Å²) >= 11 is 0. The molecule has 0 heterocycles. The van der Waals surface area contributed by atoms with Crippen LogP contribution in [0.4, 0.5) is 17.1 Å². The molecule has 0 N–H and O–H groups in total. The van der Waals surface area contributed by atoms with Crippen LogP contribution in [0, 0.1) is 0 Å². The summed E-state index contributed by atoms with van der Waals surface area (Å²) in [4.78, 5) is 2.40. The maximum Gasteiger partial charge on any atom is 0.0713 e. The zero-order chi connectivity index (χ0) is 29.3. The van der Waals surface area contributed by atoms with Crippen LogP contribution >= 0.6 is 0 Å². The molecule has 0 unspecified atom stereocenters. The SMILES string of the molecule is c1ccc(-c2cc3c(cc2N(c2ccccc2)c2ccccc2)-c2ccccc2C3(c2ccccc2)c2ccccc2)cc1. The molecular formula is C43H31N. The quantitative estimate of drug-likeness (QED) is 0.195. The van der Waals surface area contributed by atoms with Crippen molar-refractivity contribution in [3.8, 4) is 22.3 Å². The van der Waals surface area contributed by atoms with Gasteiger partial charge in [-0.2, -0.15) is 0 Å². The lowest BCUT2D eigenvalue weighted by Gasteiger charge is -2.35. The molecular weight excluding hydrogens is 530 g/mol. The van der Waals surface area contributed by atoms with Crippen molar-refractivity contribution in [2.45, 2.75) is 5.41 Å². The predicted molar refractivity (Wildman–Crippen MR) is 184 cm³/mol. The maximum absolute atomic E-state index is 2.47. The van der Waals surface area contributed by atoms with Gasteiger partial charge in [0.1, 0.15) is 0 Å². The number of benzene rings is 7. The van der Waals surface area contributed by atoms with E-state index in [1.54, 1.807) is 0 Å². The molecule has 0 saturated heterocycles. The van der Waals surface area contributed by atoms with Gasteiger partial charge in [0.2, 0.25) is 0 Å². The molecule has 0 aliphatic heterocycles. The molecule has 1 heteroatoms. The largest absolute Gasteiger partial charge is 0.310 e. The number of fused-ring (bicyclic) bond motifs is 3. The van der Waals surface area contributed by atoms with Gasteiger partial charge in [-0.1, -0.05) is 152 Å². The van der Waals surface area contributed by atoms with Crippen LogP contribution in [0.2, 0.25) is 0 Å². The molecule has 0 saturated carbocycles. The summed E-state index contributed by atoms with van der Waals surface area (Å²) < 4.78 is 0. The van der Waals surface area contributed by atoms with Gasteiger partial charge in [0.05, 0.1) is 11.1 Å². The average molecular weight is 562 g/mol. The molecule has 1 aliphatic carbocycles. The summed E-state index contributed by atoms with van der Waals surface area (Å²) in [6.07, 6.45) is 0. The van der Waals surface area contributed by atoms with Crippen molar-refractivity contribution in [3.05, 3.63) is 210 Å². The number of hydrogen-bond donors (Lipinski definition) is 0. The van der Waals surface area contributed by atoms with E-state index in [9.17, 15) is 0 Å². The molecule has 0 bridgehead atoms. The van der Waals surface area contributed by atoms with Gasteiger partial charge >= 0.3 is 0 Å². The van der Waals surface area contributed by atoms with Crippen molar-refractivity contribution in [2.75, 3.05) is 4.90 Å². The van der Waals surface area contributed by atoms with E-state index in [1.165, 1.54) is 44.5 Å². The number of para-hydroxylation sites is 2. The molecule has 0 aromatic heterocycles. The predicted octanol–water partition coefficient (Wildman–Crippen LogP) is 11.2. The Hall–Kier alpha value is -5.66. The highest BCUT2D eigenvalue weighted by atomic mass is 15.1. The monoisotopic (exact) mass is 561 g/mol. The van der Waals surface area contributed by atoms with Gasteiger partial charge in [-0.3, -0.25) is 0 Å². The average Bonchev–Trinajstić information content (AvgIpc) is 3.40. The van der Waals surface area contributed by atoms with E-state index in [4.69, 9.17) is 0 Å². The summed E-state index contributed by atoms with van der Waals surface area (Å²) in [5.41, 5.74) is 13.0. The van der Waals surface area contributed by atoms with Crippen molar-refractivity contribution in [1.29, 1.82) is 0 Å². The molecule has 44 heavy (non-hydrogen) atoms. The Morgan fingerprint density at radius 3 is 1.34 bits per heavy atom. The van der Waals surface area contributed by atoms with Gasteiger partial charge in [0.15, 0.2) is 0 Å². The molecule has 0 atom stereocenters. The van der Waals surface area contributed by atoms with E-state index in [-0.39, 0.29) is 0 Å². The van der Waals surface area contributed by atoms with Gasteiger partial charge in [-0.05, 0) is 75.3 Å². The van der Waals surface area contributed by atoms with Crippen molar-refractivity contribution in [2.24, 2.45) is 0 Å². The Bertz CT molecular complexity index is 1950. The maximum atomic E-state index is 2.47. The number of nitrogens with zero attached hydrogens (tertiary/aromatic N) is 1. The van der Waals surface area contributed by atoms with E-state index < -0.39 is 5.41 Å². The normalized spacial score (nSPS) is 12.7. The van der Waals surface area contributed by atoms with Crippen LogP contribution in [-0.4, -0.2) is 0 Å². The summed E-state index contributed by atoms with van der Waals surface area (Å²) in [7, 11) is 0. The highest BCUT2D eigenvalue weighted by molar-refractivity contribution is 5.96. The minimum absolute atomic E-state index is 0.458. The van der Waals surface area contributed by atoms with Gasteiger partial charge in [-0.15, -0.1) is 0 Å². The lowest BCUT2D eigenvalue weighted by molar-refractivity contribution is 0.769. The topological polar surface area (TPSA) is 3.24 Å². The van der Waals surface area contributed by atoms with Crippen molar-refractivity contribution in [3.63, 3.8) is 0 Å². The number of rotatable bonds is 6. The lowest BCUT2D eigenvalue weighted by atomic mass is 9.67. The Labute approximate surface area is 259 Å². The van der Waals surface area contributed by atoms with Gasteiger partial charge in [0, 0.05) is 16.9 Å². The van der Waals surface area contributed by atoms with E-state index in [1.807, 2.05) is 0 Å². The van der Waals surface area contributed by atoms with E-state index in [0.717, 1.165) is 17.1 Å². The van der Waals surface area contributed by atoms with Crippen molar-refractivity contribution in [1.82, 2.24) is 0 Å². The smallest absolute Gasteiger partial charge is 0.0713 e. The first-order valence-electron chi connectivity index (χ1n) is 15.2. The second-order valence-corrected chi connectivity index (χ2v) is 11.3. The summed E-state index contributed by atoms with van der Waals surface area (Å²) in [6.45, 7) is 0. The van der Waals surface area contributed by atoms with Gasteiger partial charge < -0.3 is 4.90 Å². The van der Waals surface area contributed by atoms with Crippen LogP contribution in [-0.2, 0) is 5.41 Å². The summed E-state index contributed by atoms with van der Waals surface area (Å²) in [5, 5.41) is 0. The first kappa shape index (κ1) is 26.0. The fraction of sp³-hybridized carbons (Fsp3) is 0.0233. The standard InChI is InChI=1S/C43H31N/c1-6-18-32(19-7-1)38-30-41-39(31-42(38)44(35-24-12-4-13-25-35)36-26-14-5-15-27-36)37-28-16-17-29-40(37)43(41,33-20-8-2-9-21-33)34-22-10-3-11-23-34/h1-31H. The van der Waals surface area contributed by atoms with Gasteiger partial charge in [-0.25, -0.2) is 0 Å². The number of hydrogen-bond acceptors (Lipinski definition) is 1.